The molecule has 0 aliphatic carbocycles. The van der Waals surface area contributed by atoms with Gasteiger partial charge in [-0.05, 0) is 19.1 Å². The number of rotatable bonds is 4. The van der Waals surface area contributed by atoms with E-state index >= 15 is 0 Å². The Bertz CT molecular complexity index is 676. The SMILES string of the molecule is CC(=O)OCC(=O)N1CCN(S(=O)(=O)c2ccc(C)cc2)CC1. The molecule has 0 aromatic heterocycles. The molecule has 1 aliphatic rings. The summed E-state index contributed by atoms with van der Waals surface area (Å²) < 4.78 is 31.1. The Morgan fingerprint density at radius 1 is 1.09 bits per heavy atom. The van der Waals surface area contributed by atoms with E-state index in [1.807, 2.05) is 6.92 Å². The van der Waals surface area contributed by atoms with E-state index in [1.54, 1.807) is 24.3 Å². The zero-order valence-electron chi connectivity index (χ0n) is 13.2. The summed E-state index contributed by atoms with van der Waals surface area (Å²) in [4.78, 5) is 24.3. The van der Waals surface area contributed by atoms with Crippen LogP contribution in [0.1, 0.15) is 12.5 Å². The molecule has 1 aliphatic heterocycles. The minimum Gasteiger partial charge on any atom is -0.456 e. The molecule has 2 rings (SSSR count). The molecule has 0 atom stereocenters. The van der Waals surface area contributed by atoms with E-state index in [0.29, 0.717) is 0 Å². The van der Waals surface area contributed by atoms with Crippen molar-refractivity contribution in [3.63, 3.8) is 0 Å². The molecule has 23 heavy (non-hydrogen) atoms. The van der Waals surface area contributed by atoms with Gasteiger partial charge in [-0.3, -0.25) is 9.59 Å². The van der Waals surface area contributed by atoms with Crippen molar-refractivity contribution in [1.82, 2.24) is 9.21 Å². The highest BCUT2D eigenvalue weighted by molar-refractivity contribution is 7.89. The highest BCUT2D eigenvalue weighted by Gasteiger charge is 2.30. The van der Waals surface area contributed by atoms with E-state index in [0.717, 1.165) is 5.56 Å². The normalized spacial score (nSPS) is 16.2. The van der Waals surface area contributed by atoms with Gasteiger partial charge in [0.25, 0.3) is 5.91 Å². The van der Waals surface area contributed by atoms with Gasteiger partial charge in [0.05, 0.1) is 4.90 Å². The van der Waals surface area contributed by atoms with Crippen molar-refractivity contribution < 1.29 is 22.7 Å². The Morgan fingerprint density at radius 2 is 1.65 bits per heavy atom. The van der Waals surface area contributed by atoms with Crippen molar-refractivity contribution in [3.05, 3.63) is 29.8 Å². The van der Waals surface area contributed by atoms with Gasteiger partial charge in [-0.2, -0.15) is 4.31 Å². The van der Waals surface area contributed by atoms with Gasteiger partial charge in [-0.25, -0.2) is 8.42 Å². The van der Waals surface area contributed by atoms with Crippen LogP contribution in [0.3, 0.4) is 0 Å². The molecule has 0 spiro atoms. The third kappa shape index (κ3) is 4.29. The van der Waals surface area contributed by atoms with E-state index in [-0.39, 0.29) is 43.6 Å². The van der Waals surface area contributed by atoms with Gasteiger partial charge >= 0.3 is 5.97 Å². The average molecular weight is 340 g/mol. The summed E-state index contributed by atoms with van der Waals surface area (Å²) in [5, 5.41) is 0. The zero-order valence-corrected chi connectivity index (χ0v) is 14.0. The number of carbonyl (C=O) groups excluding carboxylic acids is 2. The molecule has 1 amide bonds. The van der Waals surface area contributed by atoms with Gasteiger partial charge in [0.2, 0.25) is 10.0 Å². The van der Waals surface area contributed by atoms with Crippen molar-refractivity contribution in [2.75, 3.05) is 32.8 Å². The Morgan fingerprint density at radius 3 is 2.17 bits per heavy atom. The van der Waals surface area contributed by atoms with Crippen LogP contribution in [0, 0.1) is 6.92 Å². The smallest absolute Gasteiger partial charge is 0.303 e. The maximum atomic E-state index is 12.5. The van der Waals surface area contributed by atoms with Crippen LogP contribution in [0.4, 0.5) is 0 Å². The maximum absolute atomic E-state index is 12.5. The number of nitrogens with zero attached hydrogens (tertiary/aromatic N) is 2. The van der Waals surface area contributed by atoms with Gasteiger partial charge in [-0.1, -0.05) is 17.7 Å². The monoisotopic (exact) mass is 340 g/mol. The minimum atomic E-state index is -3.54. The molecule has 0 unspecified atom stereocenters. The molecule has 0 bridgehead atoms. The molecule has 8 heteroatoms. The molecule has 1 heterocycles. The summed E-state index contributed by atoms with van der Waals surface area (Å²) in [6.07, 6.45) is 0. The van der Waals surface area contributed by atoms with E-state index in [2.05, 4.69) is 4.74 Å². The Kier molecular flexibility index (Phi) is 5.38. The standard InChI is InChI=1S/C15H20N2O5S/c1-12-3-5-14(6-4-12)23(20,21)17-9-7-16(8-10-17)15(19)11-22-13(2)18/h3-6H,7-11H2,1-2H3. The second-order valence-corrected chi connectivity index (χ2v) is 7.32. The molecular weight excluding hydrogens is 320 g/mol. The van der Waals surface area contributed by atoms with Gasteiger partial charge in [0.15, 0.2) is 6.61 Å². The lowest BCUT2D eigenvalue weighted by atomic mass is 10.2. The predicted octanol–water partition coefficient (Wildman–Crippen LogP) is 0.391. The van der Waals surface area contributed by atoms with Crippen molar-refractivity contribution >= 4 is 21.9 Å². The van der Waals surface area contributed by atoms with Gasteiger partial charge in [-0.15, -0.1) is 0 Å². The summed E-state index contributed by atoms with van der Waals surface area (Å²) >= 11 is 0. The van der Waals surface area contributed by atoms with Crippen LogP contribution in [0.5, 0.6) is 0 Å². The number of piperazine rings is 1. The van der Waals surface area contributed by atoms with Crippen molar-refractivity contribution in [1.29, 1.82) is 0 Å². The van der Waals surface area contributed by atoms with E-state index in [1.165, 1.54) is 16.1 Å². The first-order valence-corrected chi connectivity index (χ1v) is 8.72. The molecule has 1 fully saturated rings. The summed E-state index contributed by atoms with van der Waals surface area (Å²) in [6.45, 7) is 3.84. The molecule has 126 valence electrons. The van der Waals surface area contributed by atoms with Crippen LogP contribution in [-0.4, -0.2) is 62.3 Å². The lowest BCUT2D eigenvalue weighted by Gasteiger charge is -2.33. The quantitative estimate of drug-likeness (QED) is 0.741. The number of esters is 1. The summed E-state index contributed by atoms with van der Waals surface area (Å²) in [6, 6.07) is 6.68. The number of hydrogen-bond acceptors (Lipinski definition) is 5. The first kappa shape index (κ1) is 17.4. The fraction of sp³-hybridized carbons (Fsp3) is 0.467. The maximum Gasteiger partial charge on any atom is 0.303 e. The number of sulfonamides is 1. The molecule has 1 saturated heterocycles. The zero-order chi connectivity index (χ0) is 17.0. The predicted molar refractivity (Wildman–Crippen MR) is 83.2 cm³/mol. The summed E-state index contributed by atoms with van der Waals surface area (Å²) in [5.41, 5.74) is 0.991. The minimum absolute atomic E-state index is 0.224. The van der Waals surface area contributed by atoms with Gasteiger partial charge < -0.3 is 9.64 Å². The van der Waals surface area contributed by atoms with Gasteiger partial charge in [0, 0.05) is 33.1 Å². The van der Waals surface area contributed by atoms with Crippen molar-refractivity contribution in [3.8, 4) is 0 Å². The molecular formula is C15H20N2O5S. The Hall–Kier alpha value is -1.93. The van der Waals surface area contributed by atoms with Crippen LogP contribution in [0.2, 0.25) is 0 Å². The van der Waals surface area contributed by atoms with Gasteiger partial charge in [0.1, 0.15) is 0 Å². The van der Waals surface area contributed by atoms with E-state index < -0.39 is 16.0 Å². The lowest BCUT2D eigenvalue weighted by Crippen LogP contribution is -2.51. The van der Waals surface area contributed by atoms with Crippen LogP contribution < -0.4 is 0 Å². The molecule has 1 aromatic rings. The summed E-state index contributed by atoms with van der Waals surface area (Å²) in [5.74, 6) is -0.827. The fourth-order valence-electron chi connectivity index (χ4n) is 2.29. The topological polar surface area (TPSA) is 84.0 Å². The molecule has 1 aromatic carbocycles. The molecule has 0 radical (unpaired) electrons. The average Bonchev–Trinajstić information content (AvgIpc) is 2.53. The van der Waals surface area contributed by atoms with Crippen LogP contribution in [-0.2, 0) is 24.3 Å². The first-order valence-electron chi connectivity index (χ1n) is 7.28. The number of ether oxygens (including phenoxy) is 1. The van der Waals surface area contributed by atoms with E-state index in [4.69, 9.17) is 0 Å². The first-order chi connectivity index (χ1) is 10.8. The lowest BCUT2D eigenvalue weighted by molar-refractivity contribution is -0.150. The molecule has 0 saturated carbocycles. The highest BCUT2D eigenvalue weighted by atomic mass is 32.2. The third-order valence-electron chi connectivity index (χ3n) is 3.65. The Balaban J connectivity index is 1.97. The number of aryl methyl sites for hydroxylation is 1. The second-order valence-electron chi connectivity index (χ2n) is 5.38. The van der Waals surface area contributed by atoms with Crippen LogP contribution in [0.25, 0.3) is 0 Å². The number of amides is 1. The molecule has 0 N–H and O–H groups in total. The number of carbonyl (C=O) groups is 2. The summed E-state index contributed by atoms with van der Waals surface area (Å²) in [7, 11) is -3.54. The van der Waals surface area contributed by atoms with E-state index in [9.17, 15) is 18.0 Å². The Labute approximate surface area is 135 Å². The van der Waals surface area contributed by atoms with Crippen molar-refractivity contribution in [2.24, 2.45) is 0 Å². The second kappa shape index (κ2) is 7.10. The molecule has 7 nitrogen and oxygen atoms in total. The third-order valence-corrected chi connectivity index (χ3v) is 5.56. The van der Waals surface area contributed by atoms with Crippen LogP contribution in [0.15, 0.2) is 29.2 Å². The largest absolute Gasteiger partial charge is 0.456 e. The fourth-order valence-corrected chi connectivity index (χ4v) is 3.71. The highest BCUT2D eigenvalue weighted by Crippen LogP contribution is 2.18. The number of hydrogen-bond donors (Lipinski definition) is 0. The van der Waals surface area contributed by atoms with Crippen LogP contribution >= 0.6 is 0 Å². The van der Waals surface area contributed by atoms with Crippen molar-refractivity contribution in [2.45, 2.75) is 18.7 Å². The number of benzene rings is 1.